The highest BCUT2D eigenvalue weighted by Gasteiger charge is 2.28. The molecule has 1 heterocycles. The van der Waals surface area contributed by atoms with Crippen LogP contribution in [0.4, 0.5) is 10.6 Å². The number of carbonyl (C=O) groups excluding carboxylic acids is 1. The van der Waals surface area contributed by atoms with Gasteiger partial charge < -0.3 is 14.6 Å². The van der Waals surface area contributed by atoms with Crippen molar-refractivity contribution in [2.45, 2.75) is 19.4 Å². The number of rotatable bonds is 5. The van der Waals surface area contributed by atoms with Crippen LogP contribution in [0.25, 0.3) is 0 Å². The van der Waals surface area contributed by atoms with Gasteiger partial charge in [0.2, 0.25) is 0 Å². The predicted octanol–water partition coefficient (Wildman–Crippen LogP) is 2.67. The fraction of sp³-hybridized carbons (Fsp3) is 0.333. The number of ether oxygens (including phenoxy) is 1. The van der Waals surface area contributed by atoms with Crippen molar-refractivity contribution >= 4 is 11.8 Å². The Morgan fingerprint density at radius 1 is 1.38 bits per heavy atom. The molecule has 2 N–H and O–H groups in total. The number of nitrogens with zero attached hydrogens (tertiary/aromatic N) is 1. The van der Waals surface area contributed by atoms with E-state index in [4.69, 9.17) is 9.26 Å². The fourth-order valence-electron chi connectivity index (χ4n) is 2.11. The van der Waals surface area contributed by atoms with Gasteiger partial charge in [0.15, 0.2) is 5.82 Å². The van der Waals surface area contributed by atoms with E-state index in [-0.39, 0.29) is 6.03 Å². The summed E-state index contributed by atoms with van der Waals surface area (Å²) in [7, 11) is 1.60. The van der Waals surface area contributed by atoms with Crippen molar-refractivity contribution in [3.8, 4) is 0 Å². The normalized spacial score (nSPS) is 13.5. The van der Waals surface area contributed by atoms with Crippen LogP contribution in [-0.2, 0) is 10.3 Å². The van der Waals surface area contributed by atoms with Gasteiger partial charge in [-0.1, -0.05) is 35.5 Å². The molecule has 0 saturated carbocycles. The van der Waals surface area contributed by atoms with E-state index >= 15 is 0 Å². The maximum absolute atomic E-state index is 12.1. The Morgan fingerprint density at radius 3 is 2.67 bits per heavy atom. The molecular weight excluding hydrogens is 270 g/mol. The summed E-state index contributed by atoms with van der Waals surface area (Å²) in [6.45, 7) is 4.01. The summed E-state index contributed by atoms with van der Waals surface area (Å²) in [6.07, 6.45) is 0. The van der Waals surface area contributed by atoms with Crippen LogP contribution in [0.1, 0.15) is 18.2 Å². The van der Waals surface area contributed by atoms with Crippen LogP contribution in [-0.4, -0.2) is 24.9 Å². The molecule has 0 spiro atoms. The van der Waals surface area contributed by atoms with Crippen molar-refractivity contribution in [1.82, 2.24) is 10.5 Å². The van der Waals surface area contributed by atoms with Gasteiger partial charge in [-0.15, -0.1) is 0 Å². The minimum absolute atomic E-state index is 0.349. The second-order valence-corrected chi connectivity index (χ2v) is 5.03. The second kappa shape index (κ2) is 6.41. The van der Waals surface area contributed by atoms with E-state index < -0.39 is 5.54 Å². The van der Waals surface area contributed by atoms with Gasteiger partial charge in [-0.05, 0) is 19.4 Å². The summed E-state index contributed by atoms with van der Waals surface area (Å²) in [5.74, 6) is 1.01. The summed E-state index contributed by atoms with van der Waals surface area (Å²) in [4.78, 5) is 12.1. The van der Waals surface area contributed by atoms with Crippen LogP contribution in [0.5, 0.6) is 0 Å². The molecule has 1 aromatic carbocycles. The SMILES string of the molecule is COC[C@](C)(NC(=O)Nc1cc(C)on1)c1ccccc1. The third-order valence-corrected chi connectivity index (χ3v) is 3.10. The molecule has 1 atom stereocenters. The highest BCUT2D eigenvalue weighted by atomic mass is 16.5. The molecule has 0 unspecified atom stereocenters. The summed E-state index contributed by atoms with van der Waals surface area (Å²) in [5.41, 5.74) is 0.317. The van der Waals surface area contributed by atoms with Gasteiger partial charge in [0.05, 0.1) is 12.1 Å². The fourth-order valence-corrected chi connectivity index (χ4v) is 2.11. The van der Waals surface area contributed by atoms with E-state index in [1.54, 1.807) is 20.1 Å². The van der Waals surface area contributed by atoms with Crippen molar-refractivity contribution in [1.29, 1.82) is 0 Å². The standard InChI is InChI=1S/C15H19N3O3/c1-11-9-13(18-21-11)16-14(19)17-15(2,10-20-3)12-7-5-4-6-8-12/h4-9H,10H2,1-3H3,(H2,16,17,18,19)/t15-/m0/s1. The molecule has 2 amide bonds. The molecule has 21 heavy (non-hydrogen) atoms. The molecule has 0 saturated heterocycles. The van der Waals surface area contributed by atoms with Crippen molar-refractivity contribution in [3.63, 3.8) is 0 Å². The number of hydrogen-bond donors (Lipinski definition) is 2. The van der Waals surface area contributed by atoms with Crippen molar-refractivity contribution in [2.75, 3.05) is 19.0 Å². The molecule has 0 radical (unpaired) electrons. The summed E-state index contributed by atoms with van der Waals surface area (Å²) < 4.78 is 10.2. The zero-order valence-corrected chi connectivity index (χ0v) is 12.3. The first kappa shape index (κ1) is 15.1. The summed E-state index contributed by atoms with van der Waals surface area (Å²) in [5, 5.41) is 9.27. The molecule has 2 rings (SSSR count). The number of benzene rings is 1. The number of aromatic nitrogens is 1. The number of amides is 2. The van der Waals surface area contributed by atoms with E-state index in [1.807, 2.05) is 37.3 Å². The predicted molar refractivity (Wildman–Crippen MR) is 79.1 cm³/mol. The van der Waals surface area contributed by atoms with Gasteiger partial charge in [0.1, 0.15) is 5.76 Å². The monoisotopic (exact) mass is 289 g/mol. The second-order valence-electron chi connectivity index (χ2n) is 5.03. The number of aryl methyl sites for hydroxylation is 1. The van der Waals surface area contributed by atoms with E-state index in [2.05, 4.69) is 15.8 Å². The third kappa shape index (κ3) is 3.82. The first-order valence-electron chi connectivity index (χ1n) is 6.60. The maximum atomic E-state index is 12.1. The summed E-state index contributed by atoms with van der Waals surface area (Å²) >= 11 is 0. The van der Waals surface area contributed by atoms with Crippen LogP contribution in [0, 0.1) is 6.92 Å². The van der Waals surface area contributed by atoms with Crippen LogP contribution < -0.4 is 10.6 Å². The average molecular weight is 289 g/mol. The molecule has 0 aliphatic carbocycles. The Hall–Kier alpha value is -2.34. The van der Waals surface area contributed by atoms with E-state index in [1.165, 1.54) is 0 Å². The molecule has 0 aliphatic rings. The van der Waals surface area contributed by atoms with Crippen molar-refractivity contribution < 1.29 is 14.1 Å². The quantitative estimate of drug-likeness (QED) is 0.887. The molecule has 0 fully saturated rings. The largest absolute Gasteiger partial charge is 0.382 e. The Kier molecular flexibility index (Phi) is 4.59. The lowest BCUT2D eigenvalue weighted by Gasteiger charge is -2.30. The Labute approximate surface area is 123 Å². The topological polar surface area (TPSA) is 76.4 Å². The number of anilines is 1. The van der Waals surface area contributed by atoms with Gasteiger partial charge >= 0.3 is 6.03 Å². The number of hydrogen-bond acceptors (Lipinski definition) is 4. The molecule has 0 bridgehead atoms. The van der Waals surface area contributed by atoms with Crippen LogP contribution in [0.2, 0.25) is 0 Å². The minimum Gasteiger partial charge on any atom is -0.382 e. The van der Waals surface area contributed by atoms with Crippen LogP contribution in [0.15, 0.2) is 40.9 Å². The zero-order valence-electron chi connectivity index (χ0n) is 12.3. The van der Waals surface area contributed by atoms with Gasteiger partial charge in [0.25, 0.3) is 0 Å². The minimum atomic E-state index is -0.640. The third-order valence-electron chi connectivity index (χ3n) is 3.10. The molecule has 2 aromatic rings. The molecule has 6 heteroatoms. The molecular formula is C15H19N3O3. The average Bonchev–Trinajstić information content (AvgIpc) is 2.85. The Balaban J connectivity index is 2.10. The lowest BCUT2D eigenvalue weighted by Crippen LogP contribution is -2.48. The first-order valence-corrected chi connectivity index (χ1v) is 6.60. The van der Waals surface area contributed by atoms with E-state index in [0.29, 0.717) is 18.2 Å². The smallest absolute Gasteiger partial charge is 0.321 e. The van der Waals surface area contributed by atoms with Gasteiger partial charge in [-0.3, -0.25) is 5.32 Å². The summed E-state index contributed by atoms with van der Waals surface area (Å²) in [6, 6.07) is 10.9. The number of methoxy groups -OCH3 is 1. The van der Waals surface area contributed by atoms with Gasteiger partial charge in [-0.2, -0.15) is 0 Å². The van der Waals surface area contributed by atoms with Gasteiger partial charge in [-0.25, -0.2) is 4.79 Å². The van der Waals surface area contributed by atoms with Crippen molar-refractivity contribution in [2.24, 2.45) is 0 Å². The van der Waals surface area contributed by atoms with E-state index in [0.717, 1.165) is 5.56 Å². The van der Waals surface area contributed by atoms with Gasteiger partial charge in [0, 0.05) is 13.2 Å². The molecule has 1 aromatic heterocycles. The van der Waals surface area contributed by atoms with Crippen molar-refractivity contribution in [3.05, 3.63) is 47.7 Å². The Morgan fingerprint density at radius 2 is 2.10 bits per heavy atom. The highest BCUT2D eigenvalue weighted by molar-refractivity contribution is 5.88. The number of carbonyl (C=O) groups is 1. The highest BCUT2D eigenvalue weighted by Crippen LogP contribution is 2.21. The lowest BCUT2D eigenvalue weighted by molar-refractivity contribution is 0.123. The van der Waals surface area contributed by atoms with Crippen LogP contribution in [0.3, 0.4) is 0 Å². The zero-order chi connectivity index (χ0) is 15.3. The number of urea groups is 1. The first-order chi connectivity index (χ1) is 10.0. The Bertz CT molecular complexity index is 597. The lowest BCUT2D eigenvalue weighted by atomic mass is 9.93. The molecule has 0 aliphatic heterocycles. The molecule has 112 valence electrons. The van der Waals surface area contributed by atoms with E-state index in [9.17, 15) is 4.79 Å². The van der Waals surface area contributed by atoms with Crippen LogP contribution >= 0.6 is 0 Å². The molecule has 6 nitrogen and oxygen atoms in total. The number of nitrogens with one attached hydrogen (secondary N) is 2. The maximum Gasteiger partial charge on any atom is 0.321 e.